The van der Waals surface area contributed by atoms with Crippen LogP contribution in [-0.4, -0.2) is 89.1 Å². The maximum Gasteiger partial charge on any atom is 0.416 e. The Balaban J connectivity index is 1.52. The standard InChI is InChI=1S/C30H37F2N5O7/c1-28(2,3)44-27(40)36(23-7-6-9-33-35-23)15-21-24(34-26(39)43-21)30(13-19(31)11-20(32)14-30)18-8-10-37(29(4,5)12-18)25(38)22-16-41-17-42-22/h6-7,9,11-13,21-22,24H,8,10,14-17H2,1-5H3,(H,34,39)/t21-,22+,24?,30?/m1/s1. The minimum atomic E-state index is -1.43. The molecule has 3 amide bonds. The van der Waals surface area contributed by atoms with Gasteiger partial charge in [-0.2, -0.15) is 5.10 Å². The van der Waals surface area contributed by atoms with Crippen LogP contribution in [0.3, 0.4) is 0 Å². The molecule has 2 fully saturated rings. The first-order valence-electron chi connectivity index (χ1n) is 14.4. The summed E-state index contributed by atoms with van der Waals surface area (Å²) >= 11 is 0. The van der Waals surface area contributed by atoms with Crippen LogP contribution in [0.25, 0.3) is 0 Å². The Hall–Kier alpha value is -3.91. The van der Waals surface area contributed by atoms with E-state index >= 15 is 8.78 Å². The van der Waals surface area contributed by atoms with Crippen molar-refractivity contribution in [2.45, 2.75) is 76.9 Å². The average Bonchev–Trinajstić information content (AvgIpc) is 3.60. The number of hydrogen-bond acceptors (Lipinski definition) is 9. The molecule has 1 N–H and O–H groups in total. The average molecular weight is 618 g/mol. The summed E-state index contributed by atoms with van der Waals surface area (Å²) in [4.78, 5) is 42.3. The van der Waals surface area contributed by atoms with Crippen LogP contribution >= 0.6 is 0 Å². The number of cyclic esters (lactones) is 1. The van der Waals surface area contributed by atoms with E-state index in [-0.39, 0.29) is 51.1 Å². The zero-order valence-corrected chi connectivity index (χ0v) is 25.3. The van der Waals surface area contributed by atoms with Crippen LogP contribution in [0.15, 0.2) is 53.8 Å². The maximum atomic E-state index is 15.2. The lowest BCUT2D eigenvalue weighted by Gasteiger charge is -2.48. The highest BCUT2D eigenvalue weighted by Gasteiger charge is 2.54. The van der Waals surface area contributed by atoms with Crippen molar-refractivity contribution in [3.8, 4) is 0 Å². The second kappa shape index (κ2) is 11.9. The number of nitrogens with zero attached hydrogens (tertiary/aromatic N) is 4. The molecule has 4 atom stereocenters. The van der Waals surface area contributed by atoms with E-state index in [0.29, 0.717) is 5.57 Å². The van der Waals surface area contributed by atoms with Crippen molar-refractivity contribution in [3.05, 3.63) is 53.8 Å². The molecule has 4 heterocycles. The molecule has 0 bridgehead atoms. The van der Waals surface area contributed by atoms with E-state index in [1.54, 1.807) is 37.8 Å². The zero-order valence-electron chi connectivity index (χ0n) is 25.3. The number of carbonyl (C=O) groups excluding carboxylic acids is 3. The first-order valence-corrected chi connectivity index (χ1v) is 14.4. The number of halogens is 2. The van der Waals surface area contributed by atoms with Gasteiger partial charge in [-0.05, 0) is 59.2 Å². The fourth-order valence-corrected chi connectivity index (χ4v) is 6.19. The predicted molar refractivity (Wildman–Crippen MR) is 152 cm³/mol. The van der Waals surface area contributed by atoms with Crippen molar-refractivity contribution in [2.75, 3.05) is 31.4 Å². The second-order valence-electron chi connectivity index (χ2n) is 12.8. The summed E-state index contributed by atoms with van der Waals surface area (Å²) in [6.45, 7) is 8.91. The first-order chi connectivity index (χ1) is 20.7. The Labute approximate surface area is 254 Å². The van der Waals surface area contributed by atoms with Gasteiger partial charge in [-0.15, -0.1) is 5.10 Å². The van der Waals surface area contributed by atoms with Gasteiger partial charge >= 0.3 is 12.2 Å². The van der Waals surface area contributed by atoms with Crippen LogP contribution in [-0.2, 0) is 23.7 Å². The van der Waals surface area contributed by atoms with Crippen molar-refractivity contribution in [3.63, 3.8) is 0 Å². The van der Waals surface area contributed by atoms with E-state index in [1.165, 1.54) is 17.2 Å². The molecule has 238 valence electrons. The molecule has 12 nitrogen and oxygen atoms in total. The smallest absolute Gasteiger partial charge is 0.416 e. The van der Waals surface area contributed by atoms with Crippen LogP contribution in [0.2, 0.25) is 0 Å². The van der Waals surface area contributed by atoms with Gasteiger partial charge < -0.3 is 29.2 Å². The molecule has 2 unspecified atom stereocenters. The monoisotopic (exact) mass is 617 g/mol. The van der Waals surface area contributed by atoms with Crippen LogP contribution in [0.1, 0.15) is 47.5 Å². The van der Waals surface area contributed by atoms with Gasteiger partial charge in [-0.25, -0.2) is 18.4 Å². The Bertz CT molecular complexity index is 1390. The second-order valence-corrected chi connectivity index (χ2v) is 12.8. The van der Waals surface area contributed by atoms with Gasteiger partial charge in [0.2, 0.25) is 0 Å². The maximum absolute atomic E-state index is 15.2. The topological polar surface area (TPSA) is 132 Å². The molecule has 0 radical (unpaired) electrons. The van der Waals surface area contributed by atoms with E-state index in [2.05, 4.69) is 15.5 Å². The SMILES string of the molecule is CC(C)(C)OC(=O)N(C[C@H]1OC(=O)NC1C1(C2=CC(C)(C)N(C(=O)[C@@H]3COCO3)CC2)C=C(F)C=C(F)C1)c1cccnn1. The van der Waals surface area contributed by atoms with E-state index < -0.39 is 58.6 Å². The highest BCUT2D eigenvalue weighted by atomic mass is 19.1. The number of allylic oxidation sites excluding steroid dienone is 3. The molecule has 0 saturated carbocycles. The molecule has 0 aromatic carbocycles. The van der Waals surface area contributed by atoms with Crippen LogP contribution in [0.5, 0.6) is 0 Å². The van der Waals surface area contributed by atoms with Crippen molar-refractivity contribution >= 4 is 23.9 Å². The molecule has 4 aliphatic rings. The summed E-state index contributed by atoms with van der Waals surface area (Å²) in [5.41, 5.74) is -2.56. The third kappa shape index (κ3) is 6.46. The van der Waals surface area contributed by atoms with Crippen molar-refractivity contribution in [2.24, 2.45) is 5.41 Å². The lowest BCUT2D eigenvalue weighted by atomic mass is 9.64. The molecule has 44 heavy (non-hydrogen) atoms. The molecule has 5 rings (SSSR count). The van der Waals surface area contributed by atoms with E-state index in [4.69, 9.17) is 18.9 Å². The molecule has 0 spiro atoms. The fraction of sp³-hybridized carbons (Fsp3) is 0.567. The van der Waals surface area contributed by atoms with Gasteiger partial charge in [-0.3, -0.25) is 9.69 Å². The van der Waals surface area contributed by atoms with Crippen LogP contribution in [0.4, 0.5) is 24.2 Å². The van der Waals surface area contributed by atoms with Gasteiger partial charge in [0, 0.05) is 30.7 Å². The minimum absolute atomic E-state index is 0.0300. The van der Waals surface area contributed by atoms with Crippen LogP contribution < -0.4 is 10.2 Å². The summed E-state index contributed by atoms with van der Waals surface area (Å²) in [5, 5.41) is 10.7. The van der Waals surface area contributed by atoms with Gasteiger partial charge in [0.05, 0.1) is 24.7 Å². The third-order valence-corrected chi connectivity index (χ3v) is 8.01. The summed E-state index contributed by atoms with van der Waals surface area (Å²) in [6, 6.07) is 2.12. The number of hydrogen-bond donors (Lipinski definition) is 1. The van der Waals surface area contributed by atoms with Crippen molar-refractivity contribution in [1.82, 2.24) is 20.4 Å². The lowest BCUT2D eigenvalue weighted by Crippen LogP contribution is -2.57. The van der Waals surface area contributed by atoms with Gasteiger partial charge in [-0.1, -0.05) is 11.6 Å². The summed E-state index contributed by atoms with van der Waals surface area (Å²) in [6.07, 6.45) is 1.91. The van der Waals surface area contributed by atoms with Gasteiger partial charge in [0.25, 0.3) is 5.91 Å². The van der Waals surface area contributed by atoms with Gasteiger partial charge in [0.15, 0.2) is 11.9 Å². The number of nitrogens with one attached hydrogen (secondary N) is 1. The Kier molecular flexibility index (Phi) is 8.51. The van der Waals surface area contributed by atoms with E-state index in [0.717, 1.165) is 6.08 Å². The molecular formula is C30H37F2N5O7. The molecule has 1 aliphatic carbocycles. The summed E-state index contributed by atoms with van der Waals surface area (Å²) in [5.74, 6) is -1.66. The van der Waals surface area contributed by atoms with E-state index in [9.17, 15) is 14.4 Å². The number of amides is 3. The van der Waals surface area contributed by atoms with Crippen LogP contribution in [0, 0.1) is 5.41 Å². The molecule has 2 saturated heterocycles. The van der Waals surface area contributed by atoms with Gasteiger partial charge in [0.1, 0.15) is 30.2 Å². The van der Waals surface area contributed by atoms with Crippen molar-refractivity contribution in [1.29, 1.82) is 0 Å². The highest BCUT2D eigenvalue weighted by molar-refractivity contribution is 5.87. The Morgan fingerprint density at radius 3 is 2.64 bits per heavy atom. The third-order valence-electron chi connectivity index (χ3n) is 8.01. The minimum Gasteiger partial charge on any atom is -0.443 e. The number of ether oxygens (including phenoxy) is 4. The molecule has 1 aromatic rings. The summed E-state index contributed by atoms with van der Waals surface area (Å²) < 4.78 is 52.3. The Morgan fingerprint density at radius 1 is 1.25 bits per heavy atom. The number of anilines is 1. The number of carbonyl (C=O) groups is 3. The molecule has 1 aromatic heterocycles. The highest BCUT2D eigenvalue weighted by Crippen LogP contribution is 2.50. The summed E-state index contributed by atoms with van der Waals surface area (Å²) in [7, 11) is 0. The largest absolute Gasteiger partial charge is 0.443 e. The molecular weight excluding hydrogens is 580 g/mol. The normalized spacial score (nSPS) is 28.3. The fourth-order valence-electron chi connectivity index (χ4n) is 6.19. The number of aromatic nitrogens is 2. The predicted octanol–water partition coefficient (Wildman–Crippen LogP) is 4.10. The Morgan fingerprint density at radius 2 is 2.02 bits per heavy atom. The quantitative estimate of drug-likeness (QED) is 0.469. The lowest BCUT2D eigenvalue weighted by molar-refractivity contribution is -0.144. The molecule has 14 heteroatoms. The zero-order chi connectivity index (χ0) is 31.9. The van der Waals surface area contributed by atoms with Crippen molar-refractivity contribution < 1.29 is 42.1 Å². The molecule has 3 aliphatic heterocycles. The number of alkyl carbamates (subject to hydrolysis) is 1. The number of rotatable bonds is 6. The first kappa shape index (κ1) is 31.5. The van der Waals surface area contributed by atoms with E-state index in [1.807, 2.05) is 19.9 Å².